The predicted octanol–water partition coefficient (Wildman–Crippen LogP) is 3.21. The third-order valence-corrected chi connectivity index (χ3v) is 6.42. The maximum Gasteiger partial charge on any atom is 0.310 e. The predicted molar refractivity (Wildman–Crippen MR) is 99.8 cm³/mol. The number of thiazole rings is 1. The Morgan fingerprint density at radius 2 is 2.19 bits per heavy atom. The van der Waals surface area contributed by atoms with Gasteiger partial charge in [0.2, 0.25) is 5.91 Å². The molecule has 3 heterocycles. The molecule has 2 aliphatic heterocycles. The van der Waals surface area contributed by atoms with Crippen LogP contribution >= 0.6 is 11.3 Å². The lowest BCUT2D eigenvalue weighted by Gasteiger charge is -2.23. The summed E-state index contributed by atoms with van der Waals surface area (Å²) >= 11 is 1.57. The van der Waals surface area contributed by atoms with E-state index in [9.17, 15) is 9.59 Å². The fourth-order valence-corrected chi connectivity index (χ4v) is 5.14. The molecule has 0 unspecified atom stereocenters. The number of carbonyl (C=O) groups excluding carboxylic acids is 2. The summed E-state index contributed by atoms with van der Waals surface area (Å²) in [4.78, 5) is 31.4. The maximum atomic E-state index is 12.9. The summed E-state index contributed by atoms with van der Waals surface area (Å²) < 4.78 is 4.91. The van der Waals surface area contributed by atoms with Crippen molar-refractivity contribution in [3.63, 3.8) is 0 Å². The van der Waals surface area contributed by atoms with Crippen LogP contribution in [0.25, 0.3) is 10.6 Å². The van der Waals surface area contributed by atoms with E-state index in [0.29, 0.717) is 6.42 Å². The van der Waals surface area contributed by atoms with E-state index in [1.807, 2.05) is 22.4 Å². The highest BCUT2D eigenvalue weighted by atomic mass is 32.1. The number of aryl methyl sites for hydroxylation is 1. The van der Waals surface area contributed by atoms with E-state index in [-0.39, 0.29) is 29.9 Å². The Morgan fingerprint density at radius 1 is 1.35 bits per heavy atom. The summed E-state index contributed by atoms with van der Waals surface area (Å²) in [5, 5.41) is 2.90. The minimum atomic E-state index is -0.189. The Balaban J connectivity index is 1.47. The largest absolute Gasteiger partial charge is 0.469 e. The molecule has 2 saturated heterocycles. The van der Waals surface area contributed by atoms with Crippen LogP contribution in [0.5, 0.6) is 0 Å². The van der Waals surface area contributed by atoms with Gasteiger partial charge < -0.3 is 9.64 Å². The van der Waals surface area contributed by atoms with Gasteiger partial charge in [-0.25, -0.2) is 4.98 Å². The van der Waals surface area contributed by atoms with E-state index in [4.69, 9.17) is 4.74 Å². The zero-order valence-corrected chi connectivity index (χ0v) is 15.8. The molecule has 6 heteroatoms. The van der Waals surface area contributed by atoms with Crippen molar-refractivity contribution < 1.29 is 14.3 Å². The van der Waals surface area contributed by atoms with Crippen LogP contribution in [0.2, 0.25) is 0 Å². The summed E-state index contributed by atoms with van der Waals surface area (Å²) in [6.07, 6.45) is 2.90. The summed E-state index contributed by atoms with van der Waals surface area (Å²) in [5.41, 5.74) is 3.08. The first-order chi connectivity index (χ1) is 12.6. The molecule has 26 heavy (non-hydrogen) atoms. The average molecular weight is 370 g/mol. The molecule has 0 radical (unpaired) electrons. The highest BCUT2D eigenvalue weighted by Crippen LogP contribution is 2.42. The number of amides is 1. The van der Waals surface area contributed by atoms with Crippen LogP contribution in [0.4, 0.5) is 0 Å². The second-order valence-electron chi connectivity index (χ2n) is 7.16. The molecule has 4 rings (SSSR count). The number of aromatic nitrogens is 1. The van der Waals surface area contributed by atoms with Crippen molar-refractivity contribution in [2.45, 2.75) is 44.7 Å². The van der Waals surface area contributed by atoms with E-state index in [1.54, 1.807) is 11.3 Å². The lowest BCUT2D eigenvalue weighted by atomic mass is 9.89. The first kappa shape index (κ1) is 17.2. The minimum absolute atomic E-state index is 0.00479. The van der Waals surface area contributed by atoms with Crippen LogP contribution in [0.15, 0.2) is 29.6 Å². The number of hydrogen-bond acceptors (Lipinski definition) is 5. The topological polar surface area (TPSA) is 59.5 Å². The molecule has 2 aromatic rings. The van der Waals surface area contributed by atoms with E-state index in [2.05, 4.69) is 24.0 Å². The van der Waals surface area contributed by atoms with E-state index in [0.717, 1.165) is 35.5 Å². The molecule has 2 aliphatic rings. The first-order valence-electron chi connectivity index (χ1n) is 8.97. The second kappa shape index (κ2) is 6.83. The lowest BCUT2D eigenvalue weighted by molar-refractivity contribution is -0.146. The van der Waals surface area contributed by atoms with Gasteiger partial charge in [0.05, 0.1) is 25.1 Å². The van der Waals surface area contributed by atoms with E-state index in [1.165, 1.54) is 12.7 Å². The standard InChI is InChI=1S/C20H22N2O3S/c1-12-4-3-5-13(8-12)19-21-14(11-26-19)9-18(23)22-15-6-7-17(22)16(10-15)20(24)25-2/h3-5,8,11,15-17H,6-7,9-10H2,1-2H3/t15-,16-,17+/m1/s1. The van der Waals surface area contributed by atoms with Crippen LogP contribution in [0.1, 0.15) is 30.5 Å². The molecule has 1 aromatic heterocycles. The summed E-state index contributed by atoms with van der Waals surface area (Å²) in [7, 11) is 1.42. The van der Waals surface area contributed by atoms with Crippen LogP contribution in [0, 0.1) is 12.8 Å². The van der Waals surface area contributed by atoms with Crippen molar-refractivity contribution in [3.05, 3.63) is 40.9 Å². The number of rotatable bonds is 4. The maximum absolute atomic E-state index is 12.9. The van der Waals surface area contributed by atoms with E-state index < -0.39 is 0 Å². The van der Waals surface area contributed by atoms with Gasteiger partial charge in [0.1, 0.15) is 5.01 Å². The fraction of sp³-hybridized carbons (Fsp3) is 0.450. The summed E-state index contributed by atoms with van der Waals surface area (Å²) in [6, 6.07) is 8.39. The second-order valence-corrected chi connectivity index (χ2v) is 8.01. The third-order valence-electron chi connectivity index (χ3n) is 5.48. The van der Waals surface area contributed by atoms with Crippen LogP contribution in [-0.2, 0) is 20.7 Å². The number of esters is 1. The smallest absolute Gasteiger partial charge is 0.310 e. The van der Waals surface area contributed by atoms with Crippen molar-refractivity contribution in [2.75, 3.05) is 7.11 Å². The quantitative estimate of drug-likeness (QED) is 0.776. The molecule has 1 aromatic carbocycles. The Bertz CT molecular complexity index is 847. The van der Waals surface area contributed by atoms with Crippen LogP contribution in [0.3, 0.4) is 0 Å². The van der Waals surface area contributed by atoms with Gasteiger partial charge in [-0.1, -0.05) is 23.8 Å². The Hall–Kier alpha value is -2.21. The monoisotopic (exact) mass is 370 g/mol. The molecule has 3 atom stereocenters. The molecule has 0 N–H and O–H groups in total. The molecule has 5 nitrogen and oxygen atoms in total. The van der Waals surface area contributed by atoms with Crippen molar-refractivity contribution in [3.8, 4) is 10.6 Å². The fourth-order valence-electron chi connectivity index (χ4n) is 4.33. The van der Waals surface area contributed by atoms with Gasteiger partial charge >= 0.3 is 5.97 Å². The number of nitrogens with zero attached hydrogens (tertiary/aromatic N) is 2. The molecule has 1 amide bonds. The molecule has 136 valence electrons. The summed E-state index contributed by atoms with van der Waals surface area (Å²) in [5.74, 6) is -0.281. The van der Waals surface area contributed by atoms with Crippen LogP contribution in [-0.4, -0.2) is 41.0 Å². The average Bonchev–Trinajstić information content (AvgIpc) is 3.35. The highest BCUT2D eigenvalue weighted by Gasteiger charge is 2.51. The zero-order chi connectivity index (χ0) is 18.3. The van der Waals surface area contributed by atoms with Gasteiger partial charge in [-0.2, -0.15) is 0 Å². The molecular weight excluding hydrogens is 348 g/mol. The lowest BCUT2D eigenvalue weighted by Crippen LogP contribution is -2.39. The van der Waals surface area contributed by atoms with E-state index >= 15 is 0 Å². The number of methoxy groups -OCH3 is 1. The van der Waals surface area contributed by atoms with Gasteiger partial charge in [0, 0.05) is 23.0 Å². The van der Waals surface area contributed by atoms with Gasteiger partial charge in [0.15, 0.2) is 0 Å². The van der Waals surface area contributed by atoms with Crippen molar-refractivity contribution in [2.24, 2.45) is 5.92 Å². The zero-order valence-electron chi connectivity index (χ0n) is 15.0. The van der Waals surface area contributed by atoms with Gasteiger partial charge in [-0.05, 0) is 32.3 Å². The van der Waals surface area contributed by atoms with Crippen molar-refractivity contribution in [1.29, 1.82) is 0 Å². The molecule has 2 fully saturated rings. The van der Waals surface area contributed by atoms with Gasteiger partial charge in [0.25, 0.3) is 0 Å². The number of hydrogen-bond donors (Lipinski definition) is 0. The molecule has 0 aliphatic carbocycles. The van der Waals surface area contributed by atoms with Gasteiger partial charge in [-0.15, -0.1) is 11.3 Å². The molecule has 0 saturated carbocycles. The van der Waals surface area contributed by atoms with Gasteiger partial charge in [-0.3, -0.25) is 9.59 Å². The Morgan fingerprint density at radius 3 is 2.96 bits per heavy atom. The van der Waals surface area contributed by atoms with Crippen molar-refractivity contribution >= 4 is 23.2 Å². The SMILES string of the molecule is COC(=O)[C@@H]1C[C@H]2CC[C@@H]1N2C(=O)Cc1csc(-c2cccc(C)c2)n1. The molecule has 2 bridgehead atoms. The number of benzene rings is 1. The first-order valence-corrected chi connectivity index (χ1v) is 9.85. The van der Waals surface area contributed by atoms with Crippen LogP contribution < -0.4 is 0 Å². The molecule has 0 spiro atoms. The normalized spacial score (nSPS) is 24.1. The number of carbonyl (C=O) groups is 2. The highest BCUT2D eigenvalue weighted by molar-refractivity contribution is 7.13. The Kier molecular flexibility index (Phi) is 4.53. The number of ether oxygens (including phenoxy) is 1. The molecular formula is C20H22N2O3S. The van der Waals surface area contributed by atoms with Crippen molar-refractivity contribution in [1.82, 2.24) is 9.88 Å². The minimum Gasteiger partial charge on any atom is -0.469 e. The summed E-state index contributed by atoms with van der Waals surface area (Å²) in [6.45, 7) is 2.06. The number of fused-ring (bicyclic) bond motifs is 2. The Labute approximate surface area is 157 Å². The third kappa shape index (κ3) is 3.03.